The number of esters is 1. The molecule has 6 heteroatoms. The molecule has 0 aromatic rings. The number of carbonyl (C=O) groups is 2. The minimum atomic E-state index is -0.844. The molecule has 0 saturated heterocycles. The standard InChI is InChI=1S/C73H139NO5/c1-3-5-7-9-11-13-15-17-19-21-30-35-39-43-47-51-55-59-63-67-73(78)79-68-64-60-56-52-48-44-40-36-32-29-27-25-23-24-26-28-31-34-38-42-46-50-54-58-62-66-72(77)74-70(69-75)71(76)65-61-57-53-49-45-41-37-33-22-20-18-16-14-12-10-8-6-4-2/h11,13,17,19,61,65,70-71,75-76H,3-10,12,14-16,18,20-60,62-64,66-69H2,1-2H3,(H,74,77)/b13-11-,19-17-,65-61+. The molecule has 0 spiro atoms. The second-order valence-electron chi connectivity index (χ2n) is 24.6. The molecule has 0 fully saturated rings. The lowest BCUT2D eigenvalue weighted by Crippen LogP contribution is -2.45. The molecular formula is C73H139NO5. The van der Waals surface area contributed by atoms with Crippen LogP contribution in [0.25, 0.3) is 0 Å². The third kappa shape index (κ3) is 65.1. The van der Waals surface area contributed by atoms with Gasteiger partial charge in [-0.1, -0.05) is 352 Å². The van der Waals surface area contributed by atoms with Crippen LogP contribution in [0.2, 0.25) is 0 Å². The Labute approximate surface area is 494 Å². The highest BCUT2D eigenvalue weighted by atomic mass is 16.5. The molecule has 0 aliphatic carbocycles. The fourth-order valence-electron chi connectivity index (χ4n) is 11.2. The lowest BCUT2D eigenvalue weighted by atomic mass is 10.0. The van der Waals surface area contributed by atoms with Gasteiger partial charge in [-0.05, 0) is 64.2 Å². The molecule has 0 rings (SSSR count). The predicted molar refractivity (Wildman–Crippen MR) is 347 cm³/mol. The minimum Gasteiger partial charge on any atom is -0.466 e. The van der Waals surface area contributed by atoms with Crippen molar-refractivity contribution < 1.29 is 24.5 Å². The van der Waals surface area contributed by atoms with Gasteiger partial charge in [0, 0.05) is 12.8 Å². The maximum absolute atomic E-state index is 12.5. The fraction of sp³-hybridized carbons (Fsp3) is 0.890. The molecule has 466 valence electrons. The van der Waals surface area contributed by atoms with Gasteiger partial charge in [-0.15, -0.1) is 0 Å². The highest BCUT2D eigenvalue weighted by molar-refractivity contribution is 5.76. The van der Waals surface area contributed by atoms with Crippen LogP contribution >= 0.6 is 0 Å². The molecule has 0 aromatic carbocycles. The van der Waals surface area contributed by atoms with Gasteiger partial charge in [-0.25, -0.2) is 0 Å². The molecule has 0 heterocycles. The summed E-state index contributed by atoms with van der Waals surface area (Å²) < 4.78 is 5.51. The van der Waals surface area contributed by atoms with E-state index in [0.29, 0.717) is 19.4 Å². The van der Waals surface area contributed by atoms with E-state index in [9.17, 15) is 19.8 Å². The van der Waals surface area contributed by atoms with Gasteiger partial charge in [0.15, 0.2) is 0 Å². The van der Waals surface area contributed by atoms with E-state index in [2.05, 4.69) is 43.5 Å². The molecule has 0 aromatic heterocycles. The van der Waals surface area contributed by atoms with Gasteiger partial charge >= 0.3 is 5.97 Å². The first-order valence-corrected chi connectivity index (χ1v) is 35.8. The van der Waals surface area contributed by atoms with Crippen molar-refractivity contribution in [2.24, 2.45) is 0 Å². The van der Waals surface area contributed by atoms with E-state index in [1.807, 2.05) is 6.08 Å². The molecule has 0 aliphatic heterocycles. The van der Waals surface area contributed by atoms with E-state index in [0.717, 1.165) is 51.4 Å². The summed E-state index contributed by atoms with van der Waals surface area (Å²) in [5, 5.41) is 23.2. The third-order valence-electron chi connectivity index (χ3n) is 16.7. The fourth-order valence-corrected chi connectivity index (χ4v) is 11.2. The molecule has 2 atom stereocenters. The topological polar surface area (TPSA) is 95.9 Å². The van der Waals surface area contributed by atoms with Gasteiger partial charge in [0.05, 0.1) is 25.4 Å². The van der Waals surface area contributed by atoms with E-state index in [4.69, 9.17) is 4.74 Å². The quantitative estimate of drug-likeness (QED) is 0.0320. The third-order valence-corrected chi connectivity index (χ3v) is 16.7. The van der Waals surface area contributed by atoms with Crippen molar-refractivity contribution in [3.8, 4) is 0 Å². The molecule has 79 heavy (non-hydrogen) atoms. The molecule has 0 saturated carbocycles. The normalized spacial score (nSPS) is 12.7. The summed E-state index contributed by atoms with van der Waals surface area (Å²) in [6.07, 6.45) is 87.9. The number of hydrogen-bond donors (Lipinski definition) is 3. The van der Waals surface area contributed by atoms with Crippen molar-refractivity contribution in [3.63, 3.8) is 0 Å². The lowest BCUT2D eigenvalue weighted by molar-refractivity contribution is -0.143. The van der Waals surface area contributed by atoms with Crippen LogP contribution in [-0.4, -0.2) is 47.4 Å². The second kappa shape index (κ2) is 68.6. The number of amides is 1. The molecule has 3 N–H and O–H groups in total. The van der Waals surface area contributed by atoms with Crippen molar-refractivity contribution >= 4 is 11.9 Å². The maximum Gasteiger partial charge on any atom is 0.305 e. The summed E-state index contributed by atoms with van der Waals surface area (Å²) in [4.78, 5) is 24.6. The lowest BCUT2D eigenvalue weighted by Gasteiger charge is -2.20. The number of nitrogens with one attached hydrogen (secondary N) is 1. The van der Waals surface area contributed by atoms with Gasteiger partial charge in [0.1, 0.15) is 0 Å². The summed E-state index contributed by atoms with van der Waals surface area (Å²) in [6, 6.07) is -0.627. The number of unbranched alkanes of at least 4 members (excludes halogenated alkanes) is 52. The molecule has 0 bridgehead atoms. The van der Waals surface area contributed by atoms with Gasteiger partial charge < -0.3 is 20.3 Å². The first-order valence-electron chi connectivity index (χ1n) is 35.8. The smallest absolute Gasteiger partial charge is 0.305 e. The number of rotatable bonds is 67. The van der Waals surface area contributed by atoms with E-state index in [1.165, 1.54) is 315 Å². The van der Waals surface area contributed by atoms with E-state index in [-0.39, 0.29) is 18.5 Å². The zero-order valence-corrected chi connectivity index (χ0v) is 53.4. The monoisotopic (exact) mass is 1110 g/mol. The minimum absolute atomic E-state index is 0.0127. The summed E-state index contributed by atoms with van der Waals surface area (Å²) >= 11 is 0. The molecule has 0 aliphatic rings. The number of hydrogen-bond acceptors (Lipinski definition) is 5. The van der Waals surface area contributed by atoms with Crippen molar-refractivity contribution in [3.05, 3.63) is 36.5 Å². The molecule has 1 amide bonds. The van der Waals surface area contributed by atoms with Crippen molar-refractivity contribution in [1.29, 1.82) is 0 Å². The Morgan fingerprint density at radius 3 is 0.987 bits per heavy atom. The molecule has 6 nitrogen and oxygen atoms in total. The van der Waals surface area contributed by atoms with Crippen LogP contribution in [0.15, 0.2) is 36.5 Å². The number of aliphatic hydroxyl groups is 2. The molecular weight excluding hydrogens is 971 g/mol. The Balaban J connectivity index is 3.37. The zero-order valence-electron chi connectivity index (χ0n) is 53.4. The van der Waals surface area contributed by atoms with Crippen LogP contribution in [0.4, 0.5) is 0 Å². The van der Waals surface area contributed by atoms with Crippen LogP contribution in [0.1, 0.15) is 393 Å². The zero-order chi connectivity index (χ0) is 57.1. The number of carbonyl (C=O) groups excluding carboxylic acids is 2. The number of aliphatic hydroxyl groups excluding tert-OH is 2. The van der Waals surface area contributed by atoms with E-state index >= 15 is 0 Å². The van der Waals surface area contributed by atoms with Gasteiger partial charge in [-0.2, -0.15) is 0 Å². The number of ether oxygens (including phenoxy) is 1. The van der Waals surface area contributed by atoms with Gasteiger partial charge in [-0.3, -0.25) is 9.59 Å². The van der Waals surface area contributed by atoms with Crippen molar-refractivity contribution in [2.75, 3.05) is 13.2 Å². The molecule has 0 radical (unpaired) electrons. The van der Waals surface area contributed by atoms with Crippen LogP contribution in [0.5, 0.6) is 0 Å². The Kier molecular flexibility index (Phi) is 66.9. The highest BCUT2D eigenvalue weighted by Crippen LogP contribution is 2.19. The molecule has 2 unspecified atom stereocenters. The average molecular weight is 1110 g/mol. The Morgan fingerprint density at radius 1 is 0.354 bits per heavy atom. The first-order chi connectivity index (χ1) is 39.0. The Morgan fingerprint density at radius 2 is 0.633 bits per heavy atom. The van der Waals surface area contributed by atoms with Crippen molar-refractivity contribution in [1.82, 2.24) is 5.32 Å². The van der Waals surface area contributed by atoms with Gasteiger partial charge in [0.2, 0.25) is 5.91 Å². The van der Waals surface area contributed by atoms with Crippen LogP contribution in [-0.2, 0) is 14.3 Å². The maximum atomic E-state index is 12.5. The summed E-state index contributed by atoms with van der Waals surface area (Å²) in [5.74, 6) is -0.0504. The van der Waals surface area contributed by atoms with Crippen LogP contribution in [0.3, 0.4) is 0 Å². The summed E-state index contributed by atoms with van der Waals surface area (Å²) in [7, 11) is 0. The Bertz CT molecular complexity index is 1280. The first kappa shape index (κ1) is 77.1. The highest BCUT2D eigenvalue weighted by Gasteiger charge is 2.18. The van der Waals surface area contributed by atoms with Crippen LogP contribution in [0, 0.1) is 0 Å². The average Bonchev–Trinajstić information content (AvgIpc) is 3.45. The van der Waals surface area contributed by atoms with Gasteiger partial charge in [0.25, 0.3) is 0 Å². The largest absolute Gasteiger partial charge is 0.466 e. The second-order valence-corrected chi connectivity index (χ2v) is 24.6. The van der Waals surface area contributed by atoms with E-state index < -0.39 is 12.1 Å². The number of allylic oxidation sites excluding steroid dienone is 5. The van der Waals surface area contributed by atoms with Crippen LogP contribution < -0.4 is 5.32 Å². The summed E-state index contributed by atoms with van der Waals surface area (Å²) in [6.45, 7) is 4.91. The predicted octanol–water partition coefficient (Wildman–Crippen LogP) is 23.1. The Hall–Kier alpha value is -1.92. The van der Waals surface area contributed by atoms with Crippen molar-refractivity contribution in [2.45, 2.75) is 405 Å². The SMILES string of the molecule is CCCCC/C=C\C/C=C\CCCCCCCCCCCC(=O)OCCCCCCCCCCCCCCCCCCCCCCCCCCCC(=O)NC(CO)C(O)/C=C/CCCCCCCCCCCCCCCCCC. The van der Waals surface area contributed by atoms with E-state index in [1.54, 1.807) is 6.08 Å². The summed E-state index contributed by atoms with van der Waals surface area (Å²) in [5.41, 5.74) is 0.